The zero-order chi connectivity index (χ0) is 49.3. The summed E-state index contributed by atoms with van der Waals surface area (Å²) in [6, 6.07) is 0.204. The van der Waals surface area contributed by atoms with Crippen LogP contribution in [0.25, 0.3) is 0 Å². The Kier molecular flexibility index (Phi) is 18.2. The zero-order valence-corrected chi connectivity index (χ0v) is 40.6. The van der Waals surface area contributed by atoms with Crippen LogP contribution in [0, 0.1) is 17.8 Å². The SMILES string of the molecule is CC[C@H]1OC(=O)[C@H](C)[C@@H](O[C@H]2C[C@@](C)(OC)[C@@H](O)[C@H](C)O2)[C@H](C)[C@@H](O[C@@H]2O[C@H](C)C[C@@H](N(C)C)[C@H]2O)[C@](C)(O)C[C@@H](C)CN(C(=O)Nc2ccc(Cl)c(C(F)(F)F)c2)[C@H](C)[C@@H](O)[C@]1(C)O. The summed E-state index contributed by atoms with van der Waals surface area (Å²) in [6.07, 6.45) is -16.0. The van der Waals surface area contributed by atoms with Crippen LogP contribution in [0.2, 0.25) is 5.02 Å². The second-order valence-electron chi connectivity index (χ2n) is 19.5. The average Bonchev–Trinajstić information content (AvgIpc) is 3.21. The van der Waals surface area contributed by atoms with Crippen LogP contribution in [0.3, 0.4) is 0 Å². The summed E-state index contributed by atoms with van der Waals surface area (Å²) >= 11 is 5.85. The number of alkyl halides is 3. The molecule has 0 aromatic heterocycles. The minimum atomic E-state index is -4.84. The first-order valence-electron chi connectivity index (χ1n) is 22.4. The molecule has 0 radical (unpaired) electrons. The molecule has 4 rings (SSSR count). The van der Waals surface area contributed by atoms with E-state index >= 15 is 0 Å². The minimum absolute atomic E-state index is 0.0141. The number of ether oxygens (including phenoxy) is 6. The van der Waals surface area contributed by atoms with Crippen molar-refractivity contribution in [2.24, 2.45) is 17.8 Å². The van der Waals surface area contributed by atoms with Crippen molar-refractivity contribution >= 4 is 29.3 Å². The molecule has 374 valence electrons. The number of hydrogen-bond acceptors (Lipinski definition) is 14. The molecule has 0 spiro atoms. The van der Waals surface area contributed by atoms with Gasteiger partial charge in [0.1, 0.15) is 30.0 Å². The second kappa shape index (κ2) is 21.5. The van der Waals surface area contributed by atoms with Gasteiger partial charge in [-0.2, -0.15) is 13.2 Å². The highest BCUT2D eigenvalue weighted by atomic mass is 35.5. The summed E-state index contributed by atoms with van der Waals surface area (Å²) in [5, 5.41) is 61.4. The van der Waals surface area contributed by atoms with E-state index in [9.17, 15) is 48.3 Å². The molecule has 6 N–H and O–H groups in total. The van der Waals surface area contributed by atoms with E-state index < -0.39 is 131 Å². The molecule has 3 fully saturated rings. The maximum absolute atomic E-state index is 14.5. The van der Waals surface area contributed by atoms with Crippen molar-refractivity contribution in [3.63, 3.8) is 0 Å². The van der Waals surface area contributed by atoms with Crippen LogP contribution in [0.15, 0.2) is 18.2 Å². The standard InChI is InChI=1S/C45H73ClF3N3O13/c1-14-32-44(10,59)36(54)26(6)52(41(57)50-28-15-16-30(46)29(18-28)45(47,48)49)21-22(2)19-42(8,58)38(65-40-34(53)31(51(11)12)17-23(3)61-40)24(4)35(25(5)39(56)63-32)64-33-20-43(9,60-13)37(55)27(7)62-33/h15-16,18,22-27,31-38,40,53-55,58-59H,14,17,19-21H2,1-13H3,(H,50,57)/t22-,23-,24+,25-,26-,27+,31-,32-,33+,34-,35+,36-,37+,38-,40+,42-,43-,44-/m1/s1. The lowest BCUT2D eigenvalue weighted by atomic mass is 9.77. The lowest BCUT2D eigenvalue weighted by Crippen LogP contribution is -2.61. The molecule has 3 aliphatic rings. The summed E-state index contributed by atoms with van der Waals surface area (Å²) < 4.78 is 79.0. The largest absolute Gasteiger partial charge is 0.459 e. The molecule has 0 saturated carbocycles. The Bertz CT molecular complexity index is 1760. The summed E-state index contributed by atoms with van der Waals surface area (Å²) in [4.78, 5) is 31.7. The number of urea groups is 1. The third-order valence-electron chi connectivity index (χ3n) is 13.7. The van der Waals surface area contributed by atoms with Crippen LogP contribution in [-0.4, -0.2) is 165 Å². The fraction of sp³-hybridized carbons (Fsp3) is 0.822. The van der Waals surface area contributed by atoms with Gasteiger partial charge < -0.3 is 69.1 Å². The minimum Gasteiger partial charge on any atom is -0.459 e. The fourth-order valence-corrected chi connectivity index (χ4v) is 10.0. The average molecular weight is 957 g/mol. The normalized spacial score (nSPS) is 41.9. The van der Waals surface area contributed by atoms with E-state index in [0.717, 1.165) is 11.0 Å². The summed E-state index contributed by atoms with van der Waals surface area (Å²) in [5.41, 5.74) is -6.69. The number of aliphatic hydroxyl groups excluding tert-OH is 3. The predicted octanol–water partition coefficient (Wildman–Crippen LogP) is 5.18. The van der Waals surface area contributed by atoms with Gasteiger partial charge in [0.25, 0.3) is 0 Å². The Morgan fingerprint density at radius 3 is 2.20 bits per heavy atom. The number of cyclic esters (lactones) is 1. The van der Waals surface area contributed by atoms with Crippen LogP contribution < -0.4 is 5.32 Å². The van der Waals surface area contributed by atoms with Crippen LogP contribution in [-0.2, 0) is 39.4 Å². The molecule has 18 atom stereocenters. The van der Waals surface area contributed by atoms with Gasteiger partial charge in [-0.05, 0) is 106 Å². The molecule has 0 bridgehead atoms. The van der Waals surface area contributed by atoms with Crippen molar-refractivity contribution in [1.29, 1.82) is 0 Å². The van der Waals surface area contributed by atoms with Gasteiger partial charge in [-0.15, -0.1) is 0 Å². The van der Waals surface area contributed by atoms with Crippen LogP contribution in [0.1, 0.15) is 100 Å². The summed E-state index contributed by atoms with van der Waals surface area (Å²) in [7, 11) is 5.07. The number of carbonyl (C=O) groups is 2. The highest BCUT2D eigenvalue weighted by molar-refractivity contribution is 6.31. The number of halogens is 4. The molecule has 2 amide bonds. The molecule has 3 heterocycles. The number of esters is 1. The number of hydrogen-bond donors (Lipinski definition) is 6. The summed E-state index contributed by atoms with van der Waals surface area (Å²) in [5.74, 6) is -3.71. The Balaban J connectivity index is 1.87. The van der Waals surface area contributed by atoms with Crippen LogP contribution in [0.5, 0.6) is 0 Å². The lowest BCUT2D eigenvalue weighted by Gasteiger charge is -2.48. The first kappa shape index (κ1) is 55.2. The van der Waals surface area contributed by atoms with Crippen LogP contribution >= 0.6 is 11.6 Å². The number of likely N-dealkylation sites (N-methyl/N-ethyl adjacent to an activating group) is 1. The molecule has 0 aliphatic carbocycles. The number of benzene rings is 1. The number of nitrogens with one attached hydrogen (secondary N) is 1. The van der Waals surface area contributed by atoms with Gasteiger partial charge in [-0.25, -0.2) is 4.79 Å². The van der Waals surface area contributed by atoms with E-state index in [0.29, 0.717) is 12.5 Å². The van der Waals surface area contributed by atoms with E-state index in [4.69, 9.17) is 40.0 Å². The van der Waals surface area contributed by atoms with E-state index in [-0.39, 0.29) is 37.6 Å². The molecule has 3 aliphatic heterocycles. The van der Waals surface area contributed by atoms with Crippen molar-refractivity contribution < 1.29 is 76.7 Å². The molecule has 20 heteroatoms. The Hall–Kier alpha value is -2.40. The van der Waals surface area contributed by atoms with Crippen LogP contribution in [0.4, 0.5) is 23.7 Å². The zero-order valence-electron chi connectivity index (χ0n) is 39.8. The number of rotatable bonds is 8. The first-order chi connectivity index (χ1) is 29.9. The van der Waals surface area contributed by atoms with Crippen molar-refractivity contribution in [1.82, 2.24) is 9.80 Å². The molecule has 65 heavy (non-hydrogen) atoms. The third-order valence-corrected chi connectivity index (χ3v) is 14.0. The van der Waals surface area contributed by atoms with Crippen molar-refractivity contribution in [3.05, 3.63) is 28.8 Å². The van der Waals surface area contributed by atoms with Crippen molar-refractivity contribution in [2.45, 2.75) is 191 Å². The van der Waals surface area contributed by atoms with Crippen molar-refractivity contribution in [3.8, 4) is 0 Å². The molecule has 1 aromatic carbocycles. The van der Waals surface area contributed by atoms with Gasteiger partial charge >= 0.3 is 18.2 Å². The Morgan fingerprint density at radius 2 is 1.63 bits per heavy atom. The first-order valence-corrected chi connectivity index (χ1v) is 22.7. The number of anilines is 1. The molecular formula is C45H73ClF3N3O13. The highest BCUT2D eigenvalue weighted by Crippen LogP contribution is 2.41. The highest BCUT2D eigenvalue weighted by Gasteiger charge is 2.53. The van der Waals surface area contributed by atoms with Gasteiger partial charge in [0, 0.05) is 37.7 Å². The Labute approximate surface area is 385 Å². The number of nitrogens with zero attached hydrogens (tertiary/aromatic N) is 2. The van der Waals surface area contributed by atoms with Gasteiger partial charge in [0.05, 0.1) is 58.2 Å². The van der Waals surface area contributed by atoms with Gasteiger partial charge in [-0.1, -0.05) is 32.4 Å². The quantitative estimate of drug-likeness (QED) is 0.186. The van der Waals surface area contributed by atoms with Crippen molar-refractivity contribution in [2.75, 3.05) is 33.1 Å². The third kappa shape index (κ3) is 12.6. The van der Waals surface area contributed by atoms with Gasteiger partial charge in [0.2, 0.25) is 0 Å². The maximum atomic E-state index is 14.5. The monoisotopic (exact) mass is 955 g/mol. The molecule has 16 nitrogen and oxygen atoms in total. The maximum Gasteiger partial charge on any atom is 0.417 e. The van der Waals surface area contributed by atoms with E-state index in [1.165, 1.54) is 40.9 Å². The van der Waals surface area contributed by atoms with Gasteiger partial charge in [-0.3, -0.25) is 4.79 Å². The summed E-state index contributed by atoms with van der Waals surface area (Å²) in [6.45, 7) is 15.7. The number of carbonyl (C=O) groups excluding carboxylic acids is 2. The smallest absolute Gasteiger partial charge is 0.417 e. The molecular weight excluding hydrogens is 883 g/mol. The van der Waals surface area contributed by atoms with Gasteiger partial charge in [0.15, 0.2) is 12.6 Å². The number of aliphatic hydroxyl groups is 5. The number of methoxy groups -OCH3 is 1. The van der Waals surface area contributed by atoms with E-state index in [1.807, 2.05) is 25.9 Å². The number of amides is 2. The van der Waals surface area contributed by atoms with E-state index in [2.05, 4.69) is 5.32 Å². The topological polar surface area (TPSA) is 209 Å². The molecule has 1 aromatic rings. The predicted molar refractivity (Wildman–Crippen MR) is 234 cm³/mol. The second-order valence-corrected chi connectivity index (χ2v) is 19.9. The molecule has 3 saturated heterocycles. The Morgan fingerprint density at radius 1 is 1.00 bits per heavy atom. The van der Waals surface area contributed by atoms with E-state index in [1.54, 1.807) is 34.6 Å². The fourth-order valence-electron chi connectivity index (χ4n) is 9.79. The molecule has 0 unspecified atom stereocenters. The lowest BCUT2D eigenvalue weighted by molar-refractivity contribution is -0.318.